The lowest BCUT2D eigenvalue weighted by Crippen LogP contribution is -2.03. The smallest absolute Gasteiger partial charge is 0.194 e. The van der Waals surface area contributed by atoms with Crippen molar-refractivity contribution in [1.82, 2.24) is 0 Å². The molecular weight excluding hydrogens is 268 g/mol. The summed E-state index contributed by atoms with van der Waals surface area (Å²) in [6.45, 7) is 0. The van der Waals surface area contributed by atoms with Gasteiger partial charge in [0.25, 0.3) is 0 Å². The highest BCUT2D eigenvalue weighted by atomic mass is 32.2. The number of thioether (sulfide) groups is 1. The molecule has 0 N–H and O–H groups in total. The van der Waals surface area contributed by atoms with Gasteiger partial charge in [-0.3, -0.25) is 4.79 Å². The van der Waals surface area contributed by atoms with Gasteiger partial charge in [-0.2, -0.15) is 0 Å². The number of ketones is 1. The van der Waals surface area contributed by atoms with Crippen LogP contribution in [0.1, 0.15) is 27.0 Å². The van der Waals surface area contributed by atoms with Crippen molar-refractivity contribution in [3.8, 4) is 0 Å². The number of rotatable bonds is 2. The molecule has 1 aliphatic rings. The first-order valence-corrected chi connectivity index (χ1v) is 7.37. The number of methoxy groups -OCH3 is 1. The van der Waals surface area contributed by atoms with Crippen molar-refractivity contribution >= 4 is 23.6 Å². The summed E-state index contributed by atoms with van der Waals surface area (Å²) in [4.78, 5) is 13.6. The van der Waals surface area contributed by atoms with E-state index < -0.39 is 0 Å². The molecule has 0 atom stereocenters. The molecule has 0 amide bonds. The van der Waals surface area contributed by atoms with Crippen LogP contribution in [0.5, 0.6) is 0 Å². The minimum atomic E-state index is 0.114. The Morgan fingerprint density at radius 1 is 1.15 bits per heavy atom. The number of fused-ring (bicyclic) bond motifs is 2. The summed E-state index contributed by atoms with van der Waals surface area (Å²) in [7, 11) is 1.62. The number of benzene rings is 2. The highest BCUT2D eigenvalue weighted by Crippen LogP contribution is 2.34. The van der Waals surface area contributed by atoms with Crippen LogP contribution in [-0.2, 0) is 10.5 Å². The Morgan fingerprint density at radius 2 is 2.00 bits per heavy atom. The molecule has 1 aliphatic heterocycles. The third kappa shape index (κ3) is 2.37. The summed E-state index contributed by atoms with van der Waals surface area (Å²) in [6, 6.07) is 13.7. The molecule has 0 saturated carbocycles. The Morgan fingerprint density at radius 3 is 2.85 bits per heavy atom. The molecule has 1 heterocycles. The summed E-state index contributed by atoms with van der Waals surface area (Å²) in [5.41, 5.74) is 3.75. The molecule has 3 rings (SSSR count). The summed E-state index contributed by atoms with van der Waals surface area (Å²) in [5, 5.41) is 0. The van der Waals surface area contributed by atoms with Crippen molar-refractivity contribution in [1.29, 1.82) is 0 Å². The van der Waals surface area contributed by atoms with Gasteiger partial charge in [0.1, 0.15) is 0 Å². The summed E-state index contributed by atoms with van der Waals surface area (Å²) in [5.74, 6) is 0.940. The van der Waals surface area contributed by atoms with Crippen molar-refractivity contribution in [2.75, 3.05) is 7.11 Å². The van der Waals surface area contributed by atoms with E-state index in [0.29, 0.717) is 0 Å². The van der Waals surface area contributed by atoms with E-state index in [1.165, 1.54) is 0 Å². The fraction of sp³-hybridized carbons (Fsp3) is 0.118. The topological polar surface area (TPSA) is 26.3 Å². The van der Waals surface area contributed by atoms with Crippen LogP contribution in [0.25, 0.3) is 6.08 Å². The predicted molar refractivity (Wildman–Crippen MR) is 81.9 cm³/mol. The van der Waals surface area contributed by atoms with Gasteiger partial charge in [0.2, 0.25) is 0 Å². The zero-order valence-electron chi connectivity index (χ0n) is 11.1. The Balaban J connectivity index is 2.05. The first-order valence-electron chi connectivity index (χ1n) is 6.38. The Hall–Kier alpha value is -2.00. The van der Waals surface area contributed by atoms with Crippen LogP contribution in [0.3, 0.4) is 0 Å². The standard InChI is InChI=1S/C17H14O2S/c1-19-9-8-12-6-7-15-16(10-12)20-11-13-4-2-3-5-14(13)17(15)18/h2-10H,11H2,1H3. The first-order chi connectivity index (χ1) is 9.79. The normalized spacial score (nSPS) is 13.8. The van der Waals surface area contributed by atoms with E-state index in [2.05, 4.69) is 0 Å². The van der Waals surface area contributed by atoms with Crippen molar-refractivity contribution < 1.29 is 9.53 Å². The third-order valence-electron chi connectivity index (χ3n) is 3.29. The molecule has 0 fully saturated rings. The van der Waals surface area contributed by atoms with Crippen LogP contribution in [-0.4, -0.2) is 12.9 Å². The van der Waals surface area contributed by atoms with E-state index in [0.717, 1.165) is 32.9 Å². The second-order valence-electron chi connectivity index (χ2n) is 4.57. The monoisotopic (exact) mass is 282 g/mol. The molecule has 2 aromatic rings. The maximum atomic E-state index is 12.6. The van der Waals surface area contributed by atoms with Gasteiger partial charge in [-0.1, -0.05) is 30.3 Å². The van der Waals surface area contributed by atoms with E-state index in [1.807, 2.05) is 48.5 Å². The van der Waals surface area contributed by atoms with E-state index in [4.69, 9.17) is 4.74 Å². The van der Waals surface area contributed by atoms with Crippen molar-refractivity contribution in [3.05, 3.63) is 71.0 Å². The molecule has 0 aliphatic carbocycles. The molecule has 2 aromatic carbocycles. The fourth-order valence-corrected chi connectivity index (χ4v) is 3.36. The minimum absolute atomic E-state index is 0.114. The summed E-state index contributed by atoms with van der Waals surface area (Å²) in [6.07, 6.45) is 3.53. The van der Waals surface area contributed by atoms with Gasteiger partial charge in [0.15, 0.2) is 5.78 Å². The predicted octanol–water partition coefficient (Wildman–Crippen LogP) is 4.14. The van der Waals surface area contributed by atoms with Crippen LogP contribution in [0.15, 0.2) is 53.6 Å². The molecule has 0 unspecified atom stereocenters. The van der Waals surface area contributed by atoms with Crippen molar-refractivity contribution in [2.45, 2.75) is 10.6 Å². The second kappa shape index (κ2) is 5.55. The molecule has 2 nitrogen and oxygen atoms in total. The zero-order chi connectivity index (χ0) is 13.9. The lowest BCUT2D eigenvalue weighted by Gasteiger charge is -2.05. The Labute approximate surface area is 122 Å². The largest absolute Gasteiger partial charge is 0.504 e. The van der Waals surface area contributed by atoms with E-state index in [9.17, 15) is 4.79 Å². The number of ether oxygens (including phenoxy) is 1. The molecule has 0 radical (unpaired) electrons. The highest BCUT2D eigenvalue weighted by molar-refractivity contribution is 7.98. The maximum Gasteiger partial charge on any atom is 0.194 e. The van der Waals surface area contributed by atoms with E-state index >= 15 is 0 Å². The summed E-state index contributed by atoms with van der Waals surface area (Å²) >= 11 is 1.71. The third-order valence-corrected chi connectivity index (χ3v) is 4.40. The summed E-state index contributed by atoms with van der Waals surface area (Å²) < 4.78 is 4.93. The zero-order valence-corrected chi connectivity index (χ0v) is 11.9. The number of carbonyl (C=O) groups is 1. The molecule has 0 aromatic heterocycles. The highest BCUT2D eigenvalue weighted by Gasteiger charge is 2.20. The quantitative estimate of drug-likeness (QED) is 0.774. The SMILES string of the molecule is COC=Cc1ccc2c(c1)SCc1ccccc1C2=O. The van der Waals surface area contributed by atoms with Crippen molar-refractivity contribution in [3.63, 3.8) is 0 Å². The van der Waals surface area contributed by atoms with Crippen LogP contribution in [0, 0.1) is 0 Å². The van der Waals surface area contributed by atoms with Gasteiger partial charge in [-0.25, -0.2) is 0 Å². The average Bonchev–Trinajstić information content (AvgIpc) is 2.63. The molecule has 20 heavy (non-hydrogen) atoms. The second-order valence-corrected chi connectivity index (χ2v) is 5.59. The van der Waals surface area contributed by atoms with Crippen LogP contribution in [0.2, 0.25) is 0 Å². The molecular formula is C17H14O2S. The maximum absolute atomic E-state index is 12.6. The molecule has 0 spiro atoms. The van der Waals surface area contributed by atoms with Gasteiger partial charge in [-0.15, -0.1) is 11.8 Å². The number of carbonyl (C=O) groups excluding carboxylic acids is 1. The van der Waals surface area contributed by atoms with Gasteiger partial charge in [0.05, 0.1) is 13.4 Å². The Bertz CT molecular complexity index is 689. The number of hydrogen-bond donors (Lipinski definition) is 0. The molecule has 0 saturated heterocycles. The van der Waals surface area contributed by atoms with Crippen LogP contribution in [0.4, 0.5) is 0 Å². The average molecular weight is 282 g/mol. The first kappa shape index (κ1) is 13.0. The molecule has 3 heteroatoms. The lowest BCUT2D eigenvalue weighted by molar-refractivity contribution is 0.103. The van der Waals surface area contributed by atoms with Gasteiger partial charge in [-0.05, 0) is 29.3 Å². The van der Waals surface area contributed by atoms with Gasteiger partial charge < -0.3 is 4.74 Å². The van der Waals surface area contributed by atoms with Crippen molar-refractivity contribution in [2.24, 2.45) is 0 Å². The minimum Gasteiger partial charge on any atom is -0.504 e. The Kier molecular flexibility index (Phi) is 3.61. The van der Waals surface area contributed by atoms with E-state index in [1.54, 1.807) is 25.1 Å². The molecule has 100 valence electrons. The fourth-order valence-electron chi connectivity index (χ4n) is 2.26. The van der Waals surface area contributed by atoms with Gasteiger partial charge in [0, 0.05) is 21.8 Å². The van der Waals surface area contributed by atoms with Crippen LogP contribution >= 0.6 is 11.8 Å². The molecule has 0 bridgehead atoms. The number of hydrogen-bond acceptors (Lipinski definition) is 3. The van der Waals surface area contributed by atoms with Gasteiger partial charge >= 0.3 is 0 Å². The van der Waals surface area contributed by atoms with Crippen LogP contribution < -0.4 is 0 Å². The van der Waals surface area contributed by atoms with E-state index in [-0.39, 0.29) is 5.78 Å². The lowest BCUT2D eigenvalue weighted by atomic mass is 9.98.